The Bertz CT molecular complexity index is 1050. The lowest BCUT2D eigenvalue weighted by atomic mass is 10.1. The largest absolute Gasteiger partial charge is 0.507 e. The minimum atomic E-state index is -0.585. The van der Waals surface area contributed by atoms with Gasteiger partial charge < -0.3 is 5.11 Å². The van der Waals surface area contributed by atoms with Gasteiger partial charge in [-0.3, -0.25) is 19.9 Å². The van der Waals surface area contributed by atoms with Gasteiger partial charge in [0.15, 0.2) is 0 Å². The summed E-state index contributed by atoms with van der Waals surface area (Å²) in [5.41, 5.74) is 3.18. The van der Waals surface area contributed by atoms with Crippen molar-refractivity contribution in [2.75, 3.05) is 5.43 Å². The van der Waals surface area contributed by atoms with Gasteiger partial charge in [-0.25, -0.2) is 5.43 Å². The van der Waals surface area contributed by atoms with Crippen molar-refractivity contribution in [3.8, 4) is 5.75 Å². The second kappa shape index (κ2) is 7.87. The Balaban J connectivity index is 1.71. The molecule has 3 N–H and O–H groups in total. The van der Waals surface area contributed by atoms with E-state index in [1.165, 1.54) is 18.3 Å². The van der Waals surface area contributed by atoms with Crippen LogP contribution in [0.1, 0.15) is 16.8 Å². The van der Waals surface area contributed by atoms with E-state index in [1.807, 2.05) is 30.3 Å². The second-order valence-corrected chi connectivity index (χ2v) is 5.48. The molecule has 0 aliphatic rings. The number of anilines is 1. The maximum Gasteiger partial charge on any atom is 0.274 e. The van der Waals surface area contributed by atoms with E-state index in [4.69, 9.17) is 0 Å². The number of nitro benzene ring substituents is 1. The van der Waals surface area contributed by atoms with Crippen molar-refractivity contribution in [3.63, 3.8) is 0 Å². The average molecular weight is 366 g/mol. The molecule has 0 bridgehead atoms. The molecule has 10 nitrogen and oxygen atoms in total. The first kappa shape index (κ1) is 17.7. The third-order valence-electron chi connectivity index (χ3n) is 3.58. The van der Waals surface area contributed by atoms with Crippen LogP contribution in [0.25, 0.3) is 0 Å². The number of phenolic OH excluding ortho intramolecular Hbond substituents is 1. The van der Waals surface area contributed by atoms with E-state index in [2.05, 4.69) is 25.7 Å². The van der Waals surface area contributed by atoms with E-state index in [1.54, 1.807) is 0 Å². The highest BCUT2D eigenvalue weighted by atomic mass is 16.6. The molecule has 10 heteroatoms. The monoisotopic (exact) mass is 366 g/mol. The van der Waals surface area contributed by atoms with Crippen molar-refractivity contribution in [2.24, 2.45) is 5.10 Å². The summed E-state index contributed by atoms with van der Waals surface area (Å²) in [5, 5.41) is 32.0. The van der Waals surface area contributed by atoms with Crippen LogP contribution in [0.15, 0.2) is 58.4 Å². The van der Waals surface area contributed by atoms with Gasteiger partial charge in [-0.15, -0.1) is 10.2 Å². The van der Waals surface area contributed by atoms with Crippen LogP contribution in [-0.4, -0.2) is 31.4 Å². The van der Waals surface area contributed by atoms with Gasteiger partial charge in [-0.2, -0.15) is 5.10 Å². The number of aromatic hydroxyl groups is 1. The number of nitrogens with zero attached hydrogens (tertiary/aromatic N) is 4. The number of rotatable bonds is 6. The van der Waals surface area contributed by atoms with E-state index in [0.717, 1.165) is 11.6 Å². The average Bonchev–Trinajstić information content (AvgIpc) is 2.66. The number of phenols is 1. The lowest BCUT2D eigenvalue weighted by molar-refractivity contribution is -0.384. The number of hydrazone groups is 1. The van der Waals surface area contributed by atoms with E-state index in [9.17, 15) is 20.0 Å². The molecule has 27 heavy (non-hydrogen) atoms. The summed E-state index contributed by atoms with van der Waals surface area (Å²) in [7, 11) is 0. The summed E-state index contributed by atoms with van der Waals surface area (Å²) in [6.07, 6.45) is 1.51. The number of aromatic amines is 1. The highest BCUT2D eigenvalue weighted by molar-refractivity contribution is 5.84. The van der Waals surface area contributed by atoms with Gasteiger partial charge in [0.25, 0.3) is 11.2 Å². The summed E-state index contributed by atoms with van der Waals surface area (Å²) in [4.78, 5) is 24.8. The molecule has 136 valence electrons. The van der Waals surface area contributed by atoms with Gasteiger partial charge in [0.2, 0.25) is 5.95 Å². The number of H-pyrrole nitrogens is 1. The molecule has 1 heterocycles. The molecular weight excluding hydrogens is 352 g/mol. The van der Waals surface area contributed by atoms with E-state index >= 15 is 0 Å². The number of nitrogens with one attached hydrogen (secondary N) is 2. The van der Waals surface area contributed by atoms with Crippen LogP contribution >= 0.6 is 0 Å². The fraction of sp³-hybridized carbons (Fsp3) is 0.0588. The molecule has 3 rings (SSSR count). The van der Waals surface area contributed by atoms with Gasteiger partial charge in [-0.1, -0.05) is 30.3 Å². The Labute approximate surface area is 152 Å². The first-order valence-corrected chi connectivity index (χ1v) is 7.79. The zero-order valence-electron chi connectivity index (χ0n) is 13.9. The minimum absolute atomic E-state index is 0.00187. The van der Waals surface area contributed by atoms with Crippen LogP contribution in [0.5, 0.6) is 5.75 Å². The van der Waals surface area contributed by atoms with Crippen molar-refractivity contribution >= 4 is 17.9 Å². The molecular formula is C17H14N6O4. The normalized spacial score (nSPS) is 10.8. The van der Waals surface area contributed by atoms with Crippen molar-refractivity contribution in [2.45, 2.75) is 6.42 Å². The zero-order chi connectivity index (χ0) is 19.2. The molecule has 0 amide bonds. The van der Waals surface area contributed by atoms with Crippen molar-refractivity contribution in [1.29, 1.82) is 0 Å². The number of hydrogen-bond donors (Lipinski definition) is 3. The van der Waals surface area contributed by atoms with Crippen LogP contribution < -0.4 is 11.0 Å². The van der Waals surface area contributed by atoms with Crippen molar-refractivity contribution in [3.05, 3.63) is 85.8 Å². The summed E-state index contributed by atoms with van der Waals surface area (Å²) in [6, 6.07) is 12.9. The SMILES string of the molecule is O=c1[nH]c(N/N=C/c2cc([N+](=O)[O-])ccc2O)nnc1Cc1ccccc1. The highest BCUT2D eigenvalue weighted by Crippen LogP contribution is 2.21. The highest BCUT2D eigenvalue weighted by Gasteiger charge is 2.09. The number of aromatic nitrogens is 3. The Morgan fingerprint density at radius 1 is 1.22 bits per heavy atom. The molecule has 0 aliphatic heterocycles. The van der Waals surface area contributed by atoms with Gasteiger partial charge >= 0.3 is 0 Å². The first-order chi connectivity index (χ1) is 13.0. The predicted octanol–water partition coefficient (Wildman–Crippen LogP) is 1.82. The van der Waals surface area contributed by atoms with Crippen LogP contribution in [0.3, 0.4) is 0 Å². The number of benzene rings is 2. The molecule has 1 aromatic heterocycles. The molecule has 0 saturated carbocycles. The summed E-state index contributed by atoms with van der Waals surface area (Å²) in [5.74, 6) is -0.179. The number of non-ortho nitro benzene ring substituents is 1. The third kappa shape index (κ3) is 4.51. The first-order valence-electron chi connectivity index (χ1n) is 7.79. The zero-order valence-corrected chi connectivity index (χ0v) is 13.9. The third-order valence-corrected chi connectivity index (χ3v) is 3.58. The maximum atomic E-state index is 12.1. The molecule has 0 aliphatic carbocycles. The summed E-state index contributed by atoms with van der Waals surface area (Å²) < 4.78 is 0. The maximum absolute atomic E-state index is 12.1. The summed E-state index contributed by atoms with van der Waals surface area (Å²) in [6.45, 7) is 0. The fourth-order valence-electron chi connectivity index (χ4n) is 2.24. The summed E-state index contributed by atoms with van der Waals surface area (Å²) >= 11 is 0. The van der Waals surface area contributed by atoms with Gasteiger partial charge in [0, 0.05) is 24.1 Å². The Kier molecular flexibility index (Phi) is 5.17. The molecule has 0 spiro atoms. The Morgan fingerprint density at radius 3 is 2.70 bits per heavy atom. The molecule has 3 aromatic rings. The molecule has 0 fully saturated rings. The molecule has 2 aromatic carbocycles. The van der Waals surface area contributed by atoms with Gasteiger partial charge in [0.05, 0.1) is 11.1 Å². The van der Waals surface area contributed by atoms with E-state index in [-0.39, 0.29) is 28.6 Å². The van der Waals surface area contributed by atoms with E-state index in [0.29, 0.717) is 6.42 Å². The van der Waals surface area contributed by atoms with Crippen LogP contribution in [0.2, 0.25) is 0 Å². The minimum Gasteiger partial charge on any atom is -0.507 e. The number of hydrogen-bond acceptors (Lipinski definition) is 8. The van der Waals surface area contributed by atoms with Crippen LogP contribution in [0.4, 0.5) is 11.6 Å². The van der Waals surface area contributed by atoms with Crippen molar-refractivity contribution in [1.82, 2.24) is 15.2 Å². The Morgan fingerprint density at radius 2 is 2.00 bits per heavy atom. The second-order valence-electron chi connectivity index (χ2n) is 5.48. The molecule has 0 radical (unpaired) electrons. The molecule has 0 unspecified atom stereocenters. The van der Waals surface area contributed by atoms with Gasteiger partial charge in [-0.05, 0) is 11.6 Å². The van der Waals surface area contributed by atoms with E-state index < -0.39 is 10.5 Å². The standard InChI is InChI=1S/C17H14N6O4/c24-15-7-6-13(23(26)27)9-12(15)10-18-21-17-19-16(25)14(20-22-17)8-11-4-2-1-3-5-11/h1-7,9-10,24H,8H2,(H2,19,21,22,25)/b18-10+. The smallest absolute Gasteiger partial charge is 0.274 e. The van der Waals surface area contributed by atoms with Crippen LogP contribution in [0, 0.1) is 10.1 Å². The fourth-order valence-corrected chi connectivity index (χ4v) is 2.24. The number of nitro groups is 1. The predicted molar refractivity (Wildman–Crippen MR) is 97.9 cm³/mol. The van der Waals surface area contributed by atoms with Crippen molar-refractivity contribution < 1.29 is 10.0 Å². The Hall–Kier alpha value is -4.08. The lowest BCUT2D eigenvalue weighted by Gasteiger charge is -2.02. The topological polar surface area (TPSA) is 146 Å². The lowest BCUT2D eigenvalue weighted by Crippen LogP contribution is -2.18. The molecule has 0 saturated heterocycles. The quantitative estimate of drug-likeness (QED) is 0.342. The van der Waals surface area contributed by atoms with Gasteiger partial charge in [0.1, 0.15) is 11.4 Å². The van der Waals surface area contributed by atoms with Crippen LogP contribution in [-0.2, 0) is 6.42 Å². The molecule has 0 atom stereocenters.